The normalized spacial score (nSPS) is 8.85. The van der Waals surface area contributed by atoms with Crippen molar-refractivity contribution in [3.8, 4) is 11.5 Å². The monoisotopic (exact) mass is 183 g/mol. The number of benzene rings is 1. The molecule has 0 aromatic heterocycles. The minimum Gasteiger partial charge on any atom is -0.493 e. The van der Waals surface area contributed by atoms with Crippen LogP contribution in [0.2, 0.25) is 0 Å². The lowest BCUT2D eigenvalue weighted by molar-refractivity contribution is 0.354. The molecule has 0 aliphatic heterocycles. The van der Waals surface area contributed by atoms with Crippen LogP contribution in [0.4, 0.5) is 0 Å². The van der Waals surface area contributed by atoms with Crippen LogP contribution in [0, 0.1) is 0 Å². The van der Waals surface area contributed by atoms with Crippen LogP contribution in [0.25, 0.3) is 0 Å². The van der Waals surface area contributed by atoms with E-state index in [0.717, 1.165) is 17.9 Å². The summed E-state index contributed by atoms with van der Waals surface area (Å²) in [4.78, 5) is 0. The van der Waals surface area contributed by atoms with Crippen LogP contribution in [0.15, 0.2) is 18.2 Å². The number of rotatable bonds is 3. The van der Waals surface area contributed by atoms with Crippen molar-refractivity contribution >= 4 is 0 Å². The van der Waals surface area contributed by atoms with Crippen LogP contribution >= 0.6 is 0 Å². The van der Waals surface area contributed by atoms with Gasteiger partial charge in [0.05, 0.1) is 14.2 Å². The topological polar surface area (TPSA) is 53.5 Å². The molecular weight excluding hydrogens is 166 g/mol. The molecule has 0 saturated heterocycles. The van der Waals surface area contributed by atoms with Gasteiger partial charge in [-0.1, -0.05) is 13.0 Å². The third-order valence-corrected chi connectivity index (χ3v) is 1.86. The van der Waals surface area contributed by atoms with Crippen molar-refractivity contribution in [2.45, 2.75) is 13.3 Å². The van der Waals surface area contributed by atoms with Crippen molar-refractivity contribution < 1.29 is 9.47 Å². The van der Waals surface area contributed by atoms with Crippen molar-refractivity contribution in [2.24, 2.45) is 0 Å². The predicted molar refractivity (Wildman–Crippen MR) is 53.9 cm³/mol. The first-order chi connectivity index (χ1) is 5.81. The Morgan fingerprint density at radius 1 is 1.08 bits per heavy atom. The van der Waals surface area contributed by atoms with E-state index < -0.39 is 0 Å². The number of hydrogen-bond acceptors (Lipinski definition) is 3. The van der Waals surface area contributed by atoms with E-state index in [1.165, 1.54) is 5.56 Å². The van der Waals surface area contributed by atoms with Gasteiger partial charge in [0.25, 0.3) is 0 Å². The summed E-state index contributed by atoms with van der Waals surface area (Å²) in [6.45, 7) is 2.11. The van der Waals surface area contributed by atoms with E-state index >= 15 is 0 Å². The second kappa shape index (κ2) is 5.43. The highest BCUT2D eigenvalue weighted by molar-refractivity contribution is 5.42. The molecule has 0 atom stereocenters. The summed E-state index contributed by atoms with van der Waals surface area (Å²) in [5, 5.41) is 0. The zero-order valence-electron chi connectivity index (χ0n) is 8.46. The molecule has 0 unspecified atom stereocenters. The van der Waals surface area contributed by atoms with Gasteiger partial charge in [-0.3, -0.25) is 0 Å². The minimum absolute atomic E-state index is 0. The molecule has 0 aliphatic carbocycles. The molecule has 0 aliphatic rings. The molecule has 0 radical (unpaired) electrons. The summed E-state index contributed by atoms with van der Waals surface area (Å²) in [6, 6.07) is 5.97. The van der Waals surface area contributed by atoms with Gasteiger partial charge in [-0.25, -0.2) is 0 Å². The molecule has 1 aromatic rings. The minimum atomic E-state index is 0. The molecule has 74 valence electrons. The number of ether oxygens (including phenoxy) is 2. The van der Waals surface area contributed by atoms with Crippen molar-refractivity contribution in [2.75, 3.05) is 14.2 Å². The second-order valence-electron chi connectivity index (χ2n) is 2.54. The molecular formula is C10H17NO2. The van der Waals surface area contributed by atoms with Gasteiger partial charge in [0, 0.05) is 0 Å². The Bertz CT molecular complexity index is 261. The SMILES string of the molecule is CCc1ccc(OC)c(OC)c1.N. The lowest BCUT2D eigenvalue weighted by atomic mass is 10.1. The highest BCUT2D eigenvalue weighted by Gasteiger charge is 2.02. The van der Waals surface area contributed by atoms with Gasteiger partial charge in [-0.05, 0) is 24.1 Å². The average molecular weight is 183 g/mol. The van der Waals surface area contributed by atoms with Crippen molar-refractivity contribution in [3.63, 3.8) is 0 Å². The average Bonchev–Trinajstić information content (AvgIpc) is 2.16. The summed E-state index contributed by atoms with van der Waals surface area (Å²) in [7, 11) is 3.29. The number of aryl methyl sites for hydroxylation is 1. The van der Waals surface area contributed by atoms with Crippen LogP contribution < -0.4 is 15.6 Å². The van der Waals surface area contributed by atoms with E-state index in [1.807, 2.05) is 18.2 Å². The summed E-state index contributed by atoms with van der Waals surface area (Å²) >= 11 is 0. The third-order valence-electron chi connectivity index (χ3n) is 1.86. The van der Waals surface area contributed by atoms with Gasteiger partial charge in [-0.15, -0.1) is 0 Å². The Labute approximate surface area is 79.3 Å². The predicted octanol–water partition coefficient (Wildman–Crippen LogP) is 2.43. The smallest absolute Gasteiger partial charge is 0.160 e. The number of hydrogen-bond donors (Lipinski definition) is 1. The first kappa shape index (κ1) is 11.8. The highest BCUT2D eigenvalue weighted by Crippen LogP contribution is 2.27. The van der Waals surface area contributed by atoms with Gasteiger partial charge in [0.15, 0.2) is 11.5 Å². The Balaban J connectivity index is 0.00000144. The van der Waals surface area contributed by atoms with E-state index in [-0.39, 0.29) is 6.15 Å². The van der Waals surface area contributed by atoms with Crippen molar-refractivity contribution in [1.82, 2.24) is 6.15 Å². The Morgan fingerprint density at radius 3 is 2.15 bits per heavy atom. The van der Waals surface area contributed by atoms with Gasteiger partial charge < -0.3 is 15.6 Å². The molecule has 0 spiro atoms. The zero-order valence-corrected chi connectivity index (χ0v) is 8.46. The van der Waals surface area contributed by atoms with Crippen LogP contribution in [-0.2, 0) is 6.42 Å². The quantitative estimate of drug-likeness (QED) is 0.783. The molecule has 3 nitrogen and oxygen atoms in total. The standard InChI is InChI=1S/C10H14O2.H3N/c1-4-8-5-6-9(11-2)10(7-8)12-3;/h5-7H,4H2,1-3H3;1H3. The van der Waals surface area contributed by atoms with Crippen molar-refractivity contribution in [3.05, 3.63) is 23.8 Å². The molecule has 3 N–H and O–H groups in total. The molecule has 0 fully saturated rings. The van der Waals surface area contributed by atoms with E-state index in [4.69, 9.17) is 9.47 Å². The highest BCUT2D eigenvalue weighted by atomic mass is 16.5. The van der Waals surface area contributed by atoms with Crippen LogP contribution in [0.5, 0.6) is 11.5 Å². The van der Waals surface area contributed by atoms with Crippen LogP contribution in [0.1, 0.15) is 12.5 Å². The first-order valence-electron chi connectivity index (χ1n) is 4.02. The zero-order chi connectivity index (χ0) is 8.97. The van der Waals surface area contributed by atoms with Crippen molar-refractivity contribution in [1.29, 1.82) is 0 Å². The Kier molecular flexibility index (Phi) is 4.92. The maximum atomic E-state index is 5.15. The van der Waals surface area contributed by atoms with Crippen LogP contribution in [-0.4, -0.2) is 14.2 Å². The molecule has 1 aromatic carbocycles. The maximum Gasteiger partial charge on any atom is 0.160 e. The van der Waals surface area contributed by atoms with E-state index in [0.29, 0.717) is 0 Å². The molecule has 1 rings (SSSR count). The number of methoxy groups -OCH3 is 2. The Morgan fingerprint density at radius 2 is 1.69 bits per heavy atom. The molecule has 13 heavy (non-hydrogen) atoms. The third kappa shape index (κ3) is 2.63. The lowest BCUT2D eigenvalue weighted by Gasteiger charge is -2.07. The molecule has 0 saturated carbocycles. The fourth-order valence-corrected chi connectivity index (χ4v) is 1.10. The van der Waals surface area contributed by atoms with E-state index in [2.05, 4.69) is 6.92 Å². The largest absolute Gasteiger partial charge is 0.493 e. The summed E-state index contributed by atoms with van der Waals surface area (Å²) < 4.78 is 10.3. The van der Waals surface area contributed by atoms with Gasteiger partial charge >= 0.3 is 0 Å². The Hall–Kier alpha value is -1.22. The van der Waals surface area contributed by atoms with Crippen LogP contribution in [0.3, 0.4) is 0 Å². The fraction of sp³-hybridized carbons (Fsp3) is 0.400. The van der Waals surface area contributed by atoms with Gasteiger partial charge in [0.2, 0.25) is 0 Å². The van der Waals surface area contributed by atoms with Gasteiger partial charge in [-0.2, -0.15) is 0 Å². The molecule has 0 bridgehead atoms. The summed E-state index contributed by atoms with van der Waals surface area (Å²) in [5.74, 6) is 1.59. The maximum absolute atomic E-state index is 5.15. The van der Waals surface area contributed by atoms with Gasteiger partial charge in [0.1, 0.15) is 0 Å². The summed E-state index contributed by atoms with van der Waals surface area (Å²) in [6.07, 6.45) is 1.01. The lowest BCUT2D eigenvalue weighted by Crippen LogP contribution is -1.91. The second-order valence-corrected chi connectivity index (χ2v) is 2.54. The molecule has 3 heteroatoms. The molecule has 0 heterocycles. The fourth-order valence-electron chi connectivity index (χ4n) is 1.10. The first-order valence-corrected chi connectivity index (χ1v) is 4.02. The molecule has 0 amide bonds. The summed E-state index contributed by atoms with van der Waals surface area (Å²) in [5.41, 5.74) is 1.26. The van der Waals surface area contributed by atoms with E-state index in [9.17, 15) is 0 Å². The van der Waals surface area contributed by atoms with E-state index in [1.54, 1.807) is 14.2 Å².